The van der Waals surface area contributed by atoms with Gasteiger partial charge in [-0.05, 0) is 31.6 Å². The maximum atomic E-state index is 12.4. The van der Waals surface area contributed by atoms with E-state index in [2.05, 4.69) is 6.92 Å². The summed E-state index contributed by atoms with van der Waals surface area (Å²) in [5.74, 6) is 1.01. The normalized spacial score (nSPS) is 18.5. The van der Waals surface area contributed by atoms with Crippen LogP contribution in [0.1, 0.15) is 110 Å². The Morgan fingerprint density at radius 1 is 0.857 bits per heavy atom. The molecule has 1 heterocycles. The van der Waals surface area contributed by atoms with E-state index in [0.29, 0.717) is 13.0 Å². The van der Waals surface area contributed by atoms with Gasteiger partial charge in [-0.2, -0.15) is 0 Å². The van der Waals surface area contributed by atoms with Gasteiger partial charge >= 0.3 is 5.97 Å². The average molecular weight is 394 g/mol. The molecule has 0 unspecified atom stereocenters. The van der Waals surface area contributed by atoms with Crippen LogP contribution in [0.4, 0.5) is 0 Å². The third-order valence-electron chi connectivity index (χ3n) is 6.66. The first-order chi connectivity index (χ1) is 13.7. The fraction of sp³-hybridized carbons (Fsp3) is 0.917. The number of amides is 1. The lowest BCUT2D eigenvalue weighted by atomic mass is 9.96. The van der Waals surface area contributed by atoms with Gasteiger partial charge in [-0.25, -0.2) is 0 Å². The van der Waals surface area contributed by atoms with Gasteiger partial charge in [0.15, 0.2) is 0 Å². The molecule has 0 aromatic carbocycles. The SMILES string of the molecule is CCCCCCCCCCOC(=O)C1CCN(C(=O)CCC2CCCC2)CC1. The summed E-state index contributed by atoms with van der Waals surface area (Å²) in [7, 11) is 0. The number of piperidine rings is 1. The topological polar surface area (TPSA) is 46.6 Å². The number of carbonyl (C=O) groups excluding carboxylic acids is 2. The van der Waals surface area contributed by atoms with Gasteiger partial charge in [0.2, 0.25) is 5.91 Å². The van der Waals surface area contributed by atoms with Crippen LogP contribution in [0, 0.1) is 11.8 Å². The van der Waals surface area contributed by atoms with Crippen molar-refractivity contribution in [3.05, 3.63) is 0 Å². The number of hydrogen-bond acceptors (Lipinski definition) is 3. The minimum absolute atomic E-state index is 0.00655. The Balaban J connectivity index is 1.47. The van der Waals surface area contributed by atoms with Gasteiger partial charge in [-0.3, -0.25) is 9.59 Å². The number of unbranched alkanes of at least 4 members (excludes halogenated alkanes) is 7. The molecule has 0 aromatic heterocycles. The van der Waals surface area contributed by atoms with Gasteiger partial charge < -0.3 is 9.64 Å². The number of ether oxygens (including phenoxy) is 1. The van der Waals surface area contributed by atoms with E-state index in [9.17, 15) is 9.59 Å². The first kappa shape index (κ1) is 23.2. The maximum Gasteiger partial charge on any atom is 0.309 e. The first-order valence-electron chi connectivity index (χ1n) is 12.1. The van der Waals surface area contributed by atoms with Gasteiger partial charge in [0.1, 0.15) is 0 Å². The third-order valence-corrected chi connectivity index (χ3v) is 6.66. The van der Waals surface area contributed by atoms with Crippen LogP contribution in [0.2, 0.25) is 0 Å². The summed E-state index contributed by atoms with van der Waals surface area (Å²) >= 11 is 0. The summed E-state index contributed by atoms with van der Waals surface area (Å²) < 4.78 is 5.49. The Hall–Kier alpha value is -1.06. The Labute approximate surface area is 172 Å². The molecule has 2 aliphatic rings. The van der Waals surface area contributed by atoms with Gasteiger partial charge in [0, 0.05) is 19.5 Å². The summed E-state index contributed by atoms with van der Waals surface area (Å²) in [6, 6.07) is 0. The Bertz CT molecular complexity index is 437. The number of carbonyl (C=O) groups is 2. The van der Waals surface area contributed by atoms with Crippen LogP contribution < -0.4 is 0 Å². The second-order valence-corrected chi connectivity index (χ2v) is 8.99. The molecule has 4 heteroatoms. The van der Waals surface area contributed by atoms with Gasteiger partial charge in [0.25, 0.3) is 0 Å². The molecule has 1 saturated heterocycles. The monoisotopic (exact) mass is 393 g/mol. The van der Waals surface area contributed by atoms with Crippen molar-refractivity contribution >= 4 is 11.9 Å². The van der Waals surface area contributed by atoms with Crippen molar-refractivity contribution in [2.24, 2.45) is 11.8 Å². The second-order valence-electron chi connectivity index (χ2n) is 8.99. The molecule has 0 bridgehead atoms. The number of esters is 1. The van der Waals surface area contributed by atoms with E-state index in [0.717, 1.165) is 51.1 Å². The number of likely N-dealkylation sites (tertiary alicyclic amines) is 1. The van der Waals surface area contributed by atoms with Crippen molar-refractivity contribution in [2.75, 3.05) is 19.7 Å². The van der Waals surface area contributed by atoms with Crippen LogP contribution in [0.3, 0.4) is 0 Å². The molecular weight excluding hydrogens is 350 g/mol. The zero-order valence-electron chi connectivity index (χ0n) is 18.3. The number of rotatable bonds is 13. The van der Waals surface area contributed by atoms with E-state index in [1.54, 1.807) is 0 Å². The van der Waals surface area contributed by atoms with Crippen LogP contribution in [-0.2, 0) is 14.3 Å². The standard InChI is InChI=1S/C24H43NO3/c1-2-3-4-5-6-7-8-11-20-28-24(27)22-16-18-25(19-17-22)23(26)15-14-21-12-9-10-13-21/h21-22H,2-20H2,1H3. The van der Waals surface area contributed by atoms with E-state index < -0.39 is 0 Å². The minimum atomic E-state index is -0.0407. The largest absolute Gasteiger partial charge is 0.465 e. The molecule has 0 aromatic rings. The Morgan fingerprint density at radius 2 is 1.46 bits per heavy atom. The van der Waals surface area contributed by atoms with Gasteiger partial charge in [-0.15, -0.1) is 0 Å². The summed E-state index contributed by atoms with van der Waals surface area (Å²) in [4.78, 5) is 26.6. The highest BCUT2D eigenvalue weighted by Gasteiger charge is 2.28. The molecule has 0 N–H and O–H groups in total. The quantitative estimate of drug-likeness (QED) is 0.290. The molecule has 1 saturated carbocycles. The van der Waals surface area contributed by atoms with Crippen molar-refractivity contribution in [3.8, 4) is 0 Å². The number of hydrogen-bond donors (Lipinski definition) is 0. The van der Waals surface area contributed by atoms with Crippen molar-refractivity contribution < 1.29 is 14.3 Å². The van der Waals surface area contributed by atoms with Crippen LogP contribution in [0.25, 0.3) is 0 Å². The van der Waals surface area contributed by atoms with E-state index >= 15 is 0 Å². The molecule has 0 radical (unpaired) electrons. The summed E-state index contributed by atoms with van der Waals surface area (Å²) in [5.41, 5.74) is 0. The van der Waals surface area contributed by atoms with Crippen LogP contribution >= 0.6 is 0 Å². The highest BCUT2D eigenvalue weighted by Crippen LogP contribution is 2.29. The predicted octanol–water partition coefficient (Wildman–Crippen LogP) is 5.88. The highest BCUT2D eigenvalue weighted by molar-refractivity contribution is 5.77. The summed E-state index contributed by atoms with van der Waals surface area (Å²) in [5, 5.41) is 0. The van der Waals surface area contributed by atoms with Gasteiger partial charge in [0.05, 0.1) is 12.5 Å². The smallest absolute Gasteiger partial charge is 0.309 e. The van der Waals surface area contributed by atoms with E-state index in [-0.39, 0.29) is 17.8 Å². The van der Waals surface area contributed by atoms with Crippen molar-refractivity contribution in [3.63, 3.8) is 0 Å². The molecule has 1 aliphatic carbocycles. The van der Waals surface area contributed by atoms with Crippen molar-refractivity contribution in [1.29, 1.82) is 0 Å². The fourth-order valence-corrected chi connectivity index (χ4v) is 4.68. The van der Waals surface area contributed by atoms with Crippen LogP contribution in [-0.4, -0.2) is 36.5 Å². The zero-order chi connectivity index (χ0) is 20.0. The van der Waals surface area contributed by atoms with Gasteiger partial charge in [-0.1, -0.05) is 77.6 Å². The molecule has 0 atom stereocenters. The molecule has 2 fully saturated rings. The Kier molecular flexibility index (Phi) is 11.6. The molecule has 1 aliphatic heterocycles. The van der Waals surface area contributed by atoms with Crippen molar-refractivity contribution in [1.82, 2.24) is 4.90 Å². The zero-order valence-corrected chi connectivity index (χ0v) is 18.3. The molecule has 4 nitrogen and oxygen atoms in total. The van der Waals surface area contributed by atoms with E-state index in [4.69, 9.17) is 4.74 Å². The minimum Gasteiger partial charge on any atom is -0.465 e. The molecule has 0 spiro atoms. The number of nitrogens with zero attached hydrogens (tertiary/aromatic N) is 1. The Morgan fingerprint density at radius 3 is 2.11 bits per heavy atom. The third kappa shape index (κ3) is 8.96. The molecule has 162 valence electrons. The summed E-state index contributed by atoms with van der Waals surface area (Å²) in [6.45, 7) is 4.25. The molecule has 28 heavy (non-hydrogen) atoms. The van der Waals surface area contributed by atoms with Crippen molar-refractivity contribution in [2.45, 2.75) is 110 Å². The lowest BCUT2D eigenvalue weighted by molar-refractivity contribution is -0.151. The predicted molar refractivity (Wildman–Crippen MR) is 114 cm³/mol. The lowest BCUT2D eigenvalue weighted by Gasteiger charge is -2.31. The van der Waals surface area contributed by atoms with E-state index in [1.165, 1.54) is 64.2 Å². The van der Waals surface area contributed by atoms with Crippen LogP contribution in [0.15, 0.2) is 0 Å². The lowest BCUT2D eigenvalue weighted by Crippen LogP contribution is -2.40. The van der Waals surface area contributed by atoms with E-state index in [1.807, 2.05) is 4.90 Å². The summed E-state index contributed by atoms with van der Waals surface area (Å²) in [6.07, 6.45) is 18.6. The maximum absolute atomic E-state index is 12.4. The van der Waals surface area contributed by atoms with Crippen LogP contribution in [0.5, 0.6) is 0 Å². The highest BCUT2D eigenvalue weighted by atomic mass is 16.5. The molecule has 1 amide bonds. The average Bonchev–Trinajstić information content (AvgIpc) is 3.24. The fourth-order valence-electron chi connectivity index (χ4n) is 4.68. The molecule has 2 rings (SSSR count). The molecular formula is C24H43NO3. The second kappa shape index (κ2) is 14.0. The first-order valence-corrected chi connectivity index (χ1v) is 12.1.